The minimum absolute atomic E-state index is 0.0233. The van der Waals surface area contributed by atoms with Crippen molar-refractivity contribution < 1.29 is 9.53 Å². The van der Waals surface area contributed by atoms with Gasteiger partial charge in [0.15, 0.2) is 5.82 Å². The van der Waals surface area contributed by atoms with Gasteiger partial charge in [0.1, 0.15) is 5.02 Å². The first-order valence-electron chi connectivity index (χ1n) is 5.99. The molecule has 0 spiro atoms. The van der Waals surface area contributed by atoms with Crippen molar-refractivity contribution in [2.24, 2.45) is 0 Å². The van der Waals surface area contributed by atoms with Crippen LogP contribution < -0.4 is 15.4 Å². The van der Waals surface area contributed by atoms with Crippen LogP contribution in [-0.2, 0) is 4.79 Å². The van der Waals surface area contributed by atoms with Gasteiger partial charge in [-0.05, 0) is 0 Å². The van der Waals surface area contributed by atoms with Gasteiger partial charge in [0.25, 0.3) is 0 Å². The first-order valence-corrected chi connectivity index (χ1v) is 6.37. The van der Waals surface area contributed by atoms with Crippen LogP contribution in [0.4, 0.5) is 5.82 Å². The molecule has 0 bridgehead atoms. The Kier molecular flexibility index (Phi) is 4.75. The lowest BCUT2D eigenvalue weighted by Crippen LogP contribution is -2.48. The van der Waals surface area contributed by atoms with Crippen molar-refractivity contribution >= 4 is 23.3 Å². The molecule has 0 aromatic carbocycles. The summed E-state index contributed by atoms with van der Waals surface area (Å²) in [4.78, 5) is 21.7. The molecule has 2 heterocycles. The van der Waals surface area contributed by atoms with Crippen LogP contribution >= 0.6 is 11.6 Å². The first-order chi connectivity index (χ1) is 9.20. The van der Waals surface area contributed by atoms with Crippen molar-refractivity contribution in [3.05, 3.63) is 11.2 Å². The highest BCUT2D eigenvalue weighted by atomic mass is 35.5. The SMILES string of the molecule is COc1ncc(Cl)c(NCC(=O)N2CCNCC2)n1. The van der Waals surface area contributed by atoms with Crippen molar-refractivity contribution in [3.63, 3.8) is 0 Å². The molecule has 0 aliphatic carbocycles. The molecule has 1 aliphatic heterocycles. The van der Waals surface area contributed by atoms with E-state index in [1.165, 1.54) is 13.3 Å². The van der Waals surface area contributed by atoms with E-state index in [1.807, 2.05) is 0 Å². The van der Waals surface area contributed by atoms with Crippen LogP contribution in [-0.4, -0.2) is 60.6 Å². The summed E-state index contributed by atoms with van der Waals surface area (Å²) in [5.41, 5.74) is 0. The summed E-state index contributed by atoms with van der Waals surface area (Å²) in [5, 5.41) is 6.46. The molecule has 1 aliphatic rings. The lowest BCUT2D eigenvalue weighted by molar-refractivity contribution is -0.129. The Morgan fingerprint density at radius 3 is 3.00 bits per heavy atom. The molecule has 19 heavy (non-hydrogen) atoms. The predicted molar refractivity (Wildman–Crippen MR) is 71.5 cm³/mol. The molecule has 0 atom stereocenters. The Morgan fingerprint density at radius 2 is 2.32 bits per heavy atom. The Morgan fingerprint density at radius 1 is 1.58 bits per heavy atom. The number of ether oxygens (including phenoxy) is 1. The molecule has 1 fully saturated rings. The zero-order valence-electron chi connectivity index (χ0n) is 10.6. The smallest absolute Gasteiger partial charge is 0.318 e. The Bertz CT molecular complexity index is 451. The standard InChI is InChI=1S/C11H16ClN5O2/c1-19-11-15-6-8(12)10(16-11)14-7-9(18)17-4-2-13-3-5-17/h6,13H,2-5,7H2,1H3,(H,14,15,16). The third-order valence-electron chi connectivity index (χ3n) is 2.78. The molecule has 1 aromatic rings. The van der Waals surface area contributed by atoms with Gasteiger partial charge in [-0.1, -0.05) is 11.6 Å². The highest BCUT2D eigenvalue weighted by Crippen LogP contribution is 2.19. The fraction of sp³-hybridized carbons (Fsp3) is 0.545. The van der Waals surface area contributed by atoms with Gasteiger partial charge in [0.2, 0.25) is 5.91 Å². The summed E-state index contributed by atoms with van der Waals surface area (Å²) in [7, 11) is 1.47. The van der Waals surface area contributed by atoms with Crippen molar-refractivity contribution in [1.29, 1.82) is 0 Å². The van der Waals surface area contributed by atoms with Crippen LogP contribution in [0.5, 0.6) is 6.01 Å². The molecule has 1 aromatic heterocycles. The quantitative estimate of drug-likeness (QED) is 0.810. The van der Waals surface area contributed by atoms with E-state index in [4.69, 9.17) is 16.3 Å². The third kappa shape index (κ3) is 3.68. The van der Waals surface area contributed by atoms with Gasteiger partial charge in [-0.2, -0.15) is 4.98 Å². The average molecular weight is 286 g/mol. The van der Waals surface area contributed by atoms with Crippen LogP contribution in [0.2, 0.25) is 5.02 Å². The largest absolute Gasteiger partial charge is 0.467 e. The van der Waals surface area contributed by atoms with E-state index in [0.29, 0.717) is 10.8 Å². The number of nitrogens with one attached hydrogen (secondary N) is 2. The van der Waals surface area contributed by atoms with E-state index >= 15 is 0 Å². The van der Waals surface area contributed by atoms with E-state index in [-0.39, 0.29) is 18.5 Å². The van der Waals surface area contributed by atoms with Gasteiger partial charge in [-0.15, -0.1) is 0 Å². The highest BCUT2D eigenvalue weighted by molar-refractivity contribution is 6.32. The summed E-state index contributed by atoms with van der Waals surface area (Å²) >= 11 is 5.94. The molecule has 2 N–H and O–H groups in total. The summed E-state index contributed by atoms with van der Waals surface area (Å²) in [6.07, 6.45) is 1.44. The topological polar surface area (TPSA) is 79.4 Å². The lowest BCUT2D eigenvalue weighted by atomic mass is 10.3. The van der Waals surface area contributed by atoms with Crippen molar-refractivity contribution in [2.75, 3.05) is 45.2 Å². The van der Waals surface area contributed by atoms with Gasteiger partial charge in [0.05, 0.1) is 19.9 Å². The molecule has 104 valence electrons. The second-order valence-electron chi connectivity index (χ2n) is 4.04. The van der Waals surface area contributed by atoms with E-state index in [1.54, 1.807) is 4.90 Å². The Labute approximate surface area is 116 Å². The average Bonchev–Trinajstić information content (AvgIpc) is 2.47. The summed E-state index contributed by atoms with van der Waals surface area (Å²) in [6.45, 7) is 3.25. The van der Waals surface area contributed by atoms with E-state index in [0.717, 1.165) is 26.2 Å². The number of anilines is 1. The van der Waals surface area contributed by atoms with Crippen LogP contribution in [0.15, 0.2) is 6.20 Å². The van der Waals surface area contributed by atoms with Crippen LogP contribution in [0.25, 0.3) is 0 Å². The van der Waals surface area contributed by atoms with E-state index in [9.17, 15) is 4.79 Å². The Balaban J connectivity index is 1.92. The maximum absolute atomic E-state index is 12.0. The number of aromatic nitrogens is 2. The number of carbonyl (C=O) groups is 1. The normalized spacial score (nSPS) is 15.2. The monoisotopic (exact) mass is 285 g/mol. The van der Waals surface area contributed by atoms with Crippen LogP contribution in [0.1, 0.15) is 0 Å². The van der Waals surface area contributed by atoms with Gasteiger partial charge >= 0.3 is 6.01 Å². The predicted octanol–water partition coefficient (Wildman–Crippen LogP) is -0.0177. The molecule has 7 nitrogen and oxygen atoms in total. The number of methoxy groups -OCH3 is 1. The Hall–Kier alpha value is -1.60. The van der Waals surface area contributed by atoms with Crippen molar-refractivity contribution in [2.45, 2.75) is 0 Å². The van der Waals surface area contributed by atoms with E-state index in [2.05, 4.69) is 20.6 Å². The molecule has 0 radical (unpaired) electrons. The molecular formula is C11H16ClN5O2. The minimum atomic E-state index is 0.0233. The number of carbonyl (C=O) groups excluding carboxylic acids is 1. The maximum atomic E-state index is 12.0. The molecule has 0 unspecified atom stereocenters. The van der Waals surface area contributed by atoms with Gasteiger partial charge < -0.3 is 20.3 Å². The summed E-state index contributed by atoms with van der Waals surface area (Å²) < 4.78 is 4.91. The fourth-order valence-corrected chi connectivity index (χ4v) is 1.92. The van der Waals surface area contributed by atoms with Gasteiger partial charge in [-0.3, -0.25) is 4.79 Å². The van der Waals surface area contributed by atoms with Crippen molar-refractivity contribution in [1.82, 2.24) is 20.2 Å². The van der Waals surface area contributed by atoms with E-state index < -0.39 is 0 Å². The maximum Gasteiger partial charge on any atom is 0.318 e. The highest BCUT2D eigenvalue weighted by Gasteiger charge is 2.16. The summed E-state index contributed by atoms with van der Waals surface area (Å²) in [5.74, 6) is 0.423. The lowest BCUT2D eigenvalue weighted by Gasteiger charge is -2.27. The molecule has 8 heteroatoms. The zero-order valence-corrected chi connectivity index (χ0v) is 11.4. The minimum Gasteiger partial charge on any atom is -0.467 e. The second-order valence-corrected chi connectivity index (χ2v) is 4.44. The summed E-state index contributed by atoms with van der Waals surface area (Å²) in [6, 6.07) is 0.210. The van der Waals surface area contributed by atoms with Gasteiger partial charge in [0, 0.05) is 26.2 Å². The van der Waals surface area contributed by atoms with Crippen molar-refractivity contribution in [3.8, 4) is 6.01 Å². The number of piperazine rings is 1. The number of hydrogen-bond acceptors (Lipinski definition) is 6. The third-order valence-corrected chi connectivity index (χ3v) is 3.06. The number of amides is 1. The second kappa shape index (κ2) is 6.53. The molecular weight excluding hydrogens is 270 g/mol. The molecule has 2 rings (SSSR count). The number of hydrogen-bond donors (Lipinski definition) is 2. The number of rotatable bonds is 4. The van der Waals surface area contributed by atoms with Gasteiger partial charge in [-0.25, -0.2) is 4.98 Å². The van der Waals surface area contributed by atoms with Crippen LogP contribution in [0.3, 0.4) is 0 Å². The number of nitrogens with zero attached hydrogens (tertiary/aromatic N) is 3. The molecule has 1 saturated heterocycles. The number of halogens is 1. The van der Waals surface area contributed by atoms with Crippen LogP contribution in [0, 0.1) is 0 Å². The fourth-order valence-electron chi connectivity index (χ4n) is 1.76. The zero-order chi connectivity index (χ0) is 13.7. The first kappa shape index (κ1) is 13.8. The molecule has 1 amide bonds. The molecule has 0 saturated carbocycles.